The number of benzene rings is 1. The van der Waals surface area contributed by atoms with E-state index in [0.717, 1.165) is 0 Å². The van der Waals surface area contributed by atoms with E-state index >= 15 is 0 Å². The lowest BCUT2D eigenvalue weighted by molar-refractivity contribution is -0.143. The van der Waals surface area contributed by atoms with Crippen molar-refractivity contribution in [3.05, 3.63) is 29.8 Å². The van der Waals surface area contributed by atoms with Crippen molar-refractivity contribution in [1.29, 1.82) is 0 Å². The number of amides is 3. The summed E-state index contributed by atoms with van der Waals surface area (Å²) in [6, 6.07) is 1.53. The number of unbranched alkanes of at least 4 members (excludes halogenated alkanes) is 2. The van der Waals surface area contributed by atoms with Gasteiger partial charge in [-0.3, -0.25) is 19.2 Å². The summed E-state index contributed by atoms with van der Waals surface area (Å²) < 4.78 is 0. The average Bonchev–Trinajstić information content (AvgIpc) is 2.90. The number of carbonyl (C=O) groups excluding carboxylic acids is 3. The standard InChI is InChI=1S/C26H42N6O8/c27-13-3-1-5-19(30-23(36)18(29)15-16-7-9-17(33)10-8-16)24(37)31-20(6-2-4-14-28)25(38)32-21(26(39)40)11-12-22(34)35/h7-10,18-21,33H,1-6,11-15,27-29H2,(H,30,36)(H,31,37)(H,32,38)(H,34,35)(H,39,40). The number of aliphatic carboxylic acids is 2. The van der Waals surface area contributed by atoms with Crippen LogP contribution in [0.5, 0.6) is 5.75 Å². The predicted molar refractivity (Wildman–Crippen MR) is 146 cm³/mol. The second kappa shape index (κ2) is 18.5. The molecule has 0 fully saturated rings. The van der Waals surface area contributed by atoms with E-state index in [2.05, 4.69) is 16.0 Å². The first-order valence-corrected chi connectivity index (χ1v) is 13.3. The molecular weight excluding hydrogens is 524 g/mol. The van der Waals surface area contributed by atoms with Crippen molar-refractivity contribution in [2.45, 2.75) is 82.0 Å². The Morgan fingerprint density at radius 2 is 1.18 bits per heavy atom. The van der Waals surface area contributed by atoms with Gasteiger partial charge in [-0.1, -0.05) is 12.1 Å². The number of nitrogens with two attached hydrogens (primary N) is 3. The van der Waals surface area contributed by atoms with E-state index in [1.54, 1.807) is 12.1 Å². The third-order valence-electron chi connectivity index (χ3n) is 6.15. The van der Waals surface area contributed by atoms with E-state index in [9.17, 15) is 34.2 Å². The molecular formula is C26H42N6O8. The first-order valence-electron chi connectivity index (χ1n) is 13.3. The van der Waals surface area contributed by atoms with Crippen molar-refractivity contribution in [3.8, 4) is 5.75 Å². The summed E-state index contributed by atoms with van der Waals surface area (Å²) in [4.78, 5) is 61.5. The van der Waals surface area contributed by atoms with E-state index in [1.165, 1.54) is 12.1 Å². The highest BCUT2D eigenvalue weighted by atomic mass is 16.4. The Hall–Kier alpha value is -3.75. The van der Waals surface area contributed by atoms with Crippen molar-refractivity contribution in [1.82, 2.24) is 16.0 Å². The maximum atomic E-state index is 13.2. The summed E-state index contributed by atoms with van der Waals surface area (Å²) in [6.07, 6.45) is 1.79. The lowest BCUT2D eigenvalue weighted by Crippen LogP contribution is -2.57. The fourth-order valence-electron chi connectivity index (χ4n) is 3.85. The Labute approximate surface area is 233 Å². The number of rotatable bonds is 20. The van der Waals surface area contributed by atoms with Crippen LogP contribution in [-0.4, -0.2) is 82.2 Å². The normalized spacial score (nSPS) is 13.9. The number of phenols is 1. The molecule has 1 aromatic carbocycles. The largest absolute Gasteiger partial charge is 0.508 e. The number of hydrogen-bond acceptors (Lipinski definition) is 9. The highest BCUT2D eigenvalue weighted by Gasteiger charge is 2.30. The van der Waals surface area contributed by atoms with Crippen molar-refractivity contribution < 1.29 is 39.3 Å². The van der Waals surface area contributed by atoms with Gasteiger partial charge in [0.1, 0.15) is 23.9 Å². The monoisotopic (exact) mass is 566 g/mol. The van der Waals surface area contributed by atoms with Gasteiger partial charge in [-0.05, 0) is 82.2 Å². The molecule has 14 heteroatoms. The van der Waals surface area contributed by atoms with E-state index in [1.807, 2.05) is 0 Å². The number of carbonyl (C=O) groups is 5. The molecule has 1 rings (SSSR count). The Bertz CT molecular complexity index is 974. The molecule has 0 saturated heterocycles. The molecule has 14 nitrogen and oxygen atoms in total. The summed E-state index contributed by atoms with van der Waals surface area (Å²) in [5.74, 6) is -4.60. The second-order valence-corrected chi connectivity index (χ2v) is 9.50. The predicted octanol–water partition coefficient (Wildman–Crippen LogP) is -1.08. The second-order valence-electron chi connectivity index (χ2n) is 9.50. The fourth-order valence-corrected chi connectivity index (χ4v) is 3.85. The van der Waals surface area contributed by atoms with Crippen LogP contribution in [0.4, 0.5) is 0 Å². The molecule has 1 aromatic rings. The van der Waals surface area contributed by atoms with Gasteiger partial charge in [-0.15, -0.1) is 0 Å². The molecule has 12 N–H and O–H groups in total. The molecule has 0 spiro atoms. The van der Waals surface area contributed by atoms with Crippen LogP contribution in [0, 0.1) is 0 Å². The van der Waals surface area contributed by atoms with Gasteiger partial charge in [0.05, 0.1) is 6.04 Å². The zero-order valence-corrected chi connectivity index (χ0v) is 22.5. The zero-order chi connectivity index (χ0) is 30.1. The minimum atomic E-state index is -1.46. The van der Waals surface area contributed by atoms with Crippen LogP contribution in [0.15, 0.2) is 24.3 Å². The quantitative estimate of drug-likeness (QED) is 0.0857. The topological polar surface area (TPSA) is 260 Å². The third-order valence-corrected chi connectivity index (χ3v) is 6.15. The van der Waals surface area contributed by atoms with Crippen LogP contribution in [0.3, 0.4) is 0 Å². The number of carboxylic acid groups (broad SMARTS) is 2. The average molecular weight is 567 g/mol. The maximum absolute atomic E-state index is 13.2. The van der Waals surface area contributed by atoms with Crippen LogP contribution in [-0.2, 0) is 30.4 Å². The van der Waals surface area contributed by atoms with E-state index in [0.29, 0.717) is 44.3 Å². The van der Waals surface area contributed by atoms with Crippen molar-refractivity contribution in [3.63, 3.8) is 0 Å². The molecule has 3 amide bonds. The van der Waals surface area contributed by atoms with Crippen LogP contribution >= 0.6 is 0 Å². The Kier molecular flexibility index (Phi) is 15.9. The summed E-state index contributed by atoms with van der Waals surface area (Å²) in [5, 5.41) is 35.2. The number of hydrogen-bond donors (Lipinski definition) is 9. The fraction of sp³-hybridized carbons (Fsp3) is 0.577. The van der Waals surface area contributed by atoms with E-state index in [-0.39, 0.29) is 31.4 Å². The van der Waals surface area contributed by atoms with Gasteiger partial charge in [-0.2, -0.15) is 0 Å². The summed E-state index contributed by atoms with van der Waals surface area (Å²) in [7, 11) is 0. The van der Waals surface area contributed by atoms with Crippen LogP contribution in [0.2, 0.25) is 0 Å². The molecule has 0 aliphatic rings. The van der Waals surface area contributed by atoms with Crippen molar-refractivity contribution >= 4 is 29.7 Å². The van der Waals surface area contributed by atoms with Gasteiger partial charge >= 0.3 is 11.9 Å². The van der Waals surface area contributed by atoms with Crippen LogP contribution < -0.4 is 33.2 Å². The molecule has 0 aromatic heterocycles. The Morgan fingerprint density at radius 3 is 1.62 bits per heavy atom. The SMILES string of the molecule is NCCCCC(NC(=O)C(N)Cc1ccc(O)cc1)C(=O)NC(CCCCN)C(=O)NC(CCC(=O)O)C(=O)O. The summed E-state index contributed by atoms with van der Waals surface area (Å²) in [5.41, 5.74) is 17.9. The first-order chi connectivity index (χ1) is 19.0. The number of nitrogens with one attached hydrogen (secondary N) is 3. The molecule has 4 atom stereocenters. The molecule has 4 unspecified atom stereocenters. The molecule has 0 aliphatic heterocycles. The number of carboxylic acids is 2. The van der Waals surface area contributed by atoms with Crippen LogP contribution in [0.25, 0.3) is 0 Å². The maximum Gasteiger partial charge on any atom is 0.326 e. The molecule has 0 radical (unpaired) electrons. The molecule has 224 valence electrons. The van der Waals surface area contributed by atoms with Gasteiger partial charge in [0.2, 0.25) is 17.7 Å². The Balaban J connectivity index is 2.99. The highest BCUT2D eigenvalue weighted by Crippen LogP contribution is 2.12. The lowest BCUT2D eigenvalue weighted by atomic mass is 10.0. The van der Waals surface area contributed by atoms with Gasteiger partial charge < -0.3 is 48.5 Å². The van der Waals surface area contributed by atoms with Gasteiger partial charge in [-0.25, -0.2) is 4.79 Å². The lowest BCUT2D eigenvalue weighted by Gasteiger charge is -2.25. The minimum absolute atomic E-state index is 0.0695. The van der Waals surface area contributed by atoms with Gasteiger partial charge in [0, 0.05) is 6.42 Å². The van der Waals surface area contributed by atoms with Crippen LogP contribution in [0.1, 0.15) is 56.9 Å². The number of aromatic hydroxyl groups is 1. The molecule has 0 heterocycles. The molecule has 0 saturated carbocycles. The third kappa shape index (κ3) is 13.4. The minimum Gasteiger partial charge on any atom is -0.508 e. The number of phenolic OH excluding ortho intramolecular Hbond substituents is 1. The van der Waals surface area contributed by atoms with Gasteiger partial charge in [0.15, 0.2) is 0 Å². The van der Waals surface area contributed by atoms with Crippen molar-refractivity contribution in [2.24, 2.45) is 17.2 Å². The molecule has 0 aliphatic carbocycles. The molecule has 40 heavy (non-hydrogen) atoms. The smallest absolute Gasteiger partial charge is 0.326 e. The van der Waals surface area contributed by atoms with E-state index in [4.69, 9.17) is 22.3 Å². The van der Waals surface area contributed by atoms with Crippen molar-refractivity contribution in [2.75, 3.05) is 13.1 Å². The zero-order valence-electron chi connectivity index (χ0n) is 22.5. The highest BCUT2D eigenvalue weighted by molar-refractivity contribution is 5.94. The molecule has 0 bridgehead atoms. The Morgan fingerprint density at radius 1 is 0.700 bits per heavy atom. The first kappa shape index (κ1) is 34.3. The van der Waals surface area contributed by atoms with Gasteiger partial charge in [0.25, 0.3) is 0 Å². The van der Waals surface area contributed by atoms with E-state index < -0.39 is 60.2 Å². The summed E-state index contributed by atoms with van der Waals surface area (Å²) in [6.45, 7) is 0.717. The summed E-state index contributed by atoms with van der Waals surface area (Å²) >= 11 is 0.